The highest BCUT2D eigenvalue weighted by molar-refractivity contribution is 5.95. The monoisotopic (exact) mass is 906 g/mol. The zero-order valence-electron chi connectivity index (χ0n) is 35.1. The van der Waals surface area contributed by atoms with Gasteiger partial charge < -0.3 is 29.4 Å². The lowest BCUT2D eigenvalue weighted by molar-refractivity contribution is -0.0562. The number of aromatic amines is 2. The Kier molecular flexibility index (Phi) is 22.5. The van der Waals surface area contributed by atoms with E-state index in [1.54, 1.807) is 48.8 Å². The second-order valence-electron chi connectivity index (χ2n) is 14.6. The Morgan fingerprint density at radius 1 is 0.719 bits per heavy atom. The van der Waals surface area contributed by atoms with Gasteiger partial charge in [-0.25, -0.2) is 35.8 Å². The third-order valence-corrected chi connectivity index (χ3v) is 9.87. The Morgan fingerprint density at radius 3 is 1.83 bits per heavy atom. The number of benzene rings is 2. The number of rotatable bonds is 15. The second-order valence-corrected chi connectivity index (χ2v) is 14.6. The Balaban J connectivity index is 0.000000234. The first-order chi connectivity index (χ1) is 31.1. The molecule has 0 aliphatic carbocycles. The second kappa shape index (κ2) is 28.2. The van der Waals surface area contributed by atoms with Crippen molar-refractivity contribution >= 4 is 16.7 Å². The summed E-state index contributed by atoms with van der Waals surface area (Å²) in [4.78, 5) is 43.2. The number of carbonyl (C=O) groups is 1. The predicted molar refractivity (Wildman–Crippen MR) is 228 cm³/mol. The van der Waals surface area contributed by atoms with Gasteiger partial charge in [-0.15, -0.1) is 0 Å². The number of likely N-dealkylation sites (tertiary alicyclic amines) is 1. The highest BCUT2D eigenvalue weighted by Crippen LogP contribution is 2.22. The number of halogens is 7. The molecule has 2 aliphatic rings. The molecule has 1 amide bonds. The molecule has 0 saturated carbocycles. The van der Waals surface area contributed by atoms with Gasteiger partial charge in [0, 0.05) is 61.8 Å². The quantitative estimate of drug-likeness (QED) is 0.0966. The molecule has 3 aromatic heterocycles. The van der Waals surface area contributed by atoms with Gasteiger partial charge in [-0.3, -0.25) is 19.4 Å². The van der Waals surface area contributed by atoms with Crippen molar-refractivity contribution in [2.45, 2.75) is 62.6 Å². The Morgan fingerprint density at radius 2 is 1.28 bits per heavy atom. The average Bonchev–Trinajstić information content (AvgIpc) is 3.34. The van der Waals surface area contributed by atoms with Gasteiger partial charge in [-0.2, -0.15) is 5.10 Å². The van der Waals surface area contributed by atoms with Gasteiger partial charge in [0.15, 0.2) is 11.5 Å². The predicted octanol–water partition coefficient (Wildman–Crippen LogP) is 6.79. The molecule has 3 N–H and O–H groups in total. The van der Waals surface area contributed by atoms with E-state index in [9.17, 15) is 45.1 Å². The maximum atomic E-state index is 14.5. The molecular formula is C45H53F7N6O6. The number of pyridine rings is 2. The van der Waals surface area contributed by atoms with Crippen LogP contribution in [0.25, 0.3) is 10.8 Å². The summed E-state index contributed by atoms with van der Waals surface area (Å²) in [7, 11) is 0. The van der Waals surface area contributed by atoms with Crippen molar-refractivity contribution in [1.29, 1.82) is 0 Å². The third kappa shape index (κ3) is 16.8. The molecule has 0 spiro atoms. The average molecular weight is 907 g/mol. The first kappa shape index (κ1) is 51.0. The minimum absolute atomic E-state index is 0.0405. The highest BCUT2D eigenvalue weighted by Gasteiger charge is 2.28. The molecule has 0 bridgehead atoms. The number of hydrogen-bond acceptors (Lipinski definition) is 9. The van der Waals surface area contributed by atoms with Gasteiger partial charge in [0.25, 0.3) is 11.5 Å². The summed E-state index contributed by atoms with van der Waals surface area (Å²) in [6.07, 6.45) is 5.88. The van der Waals surface area contributed by atoms with E-state index in [2.05, 4.69) is 25.5 Å². The first-order valence-corrected chi connectivity index (χ1v) is 20.7. The van der Waals surface area contributed by atoms with Crippen molar-refractivity contribution in [3.05, 3.63) is 135 Å². The van der Waals surface area contributed by atoms with Crippen molar-refractivity contribution in [2.24, 2.45) is 0 Å². The van der Waals surface area contributed by atoms with Crippen LogP contribution < -0.4 is 21.0 Å². The first-order valence-electron chi connectivity index (χ1n) is 20.7. The fraction of sp³-hybridized carbons (Fsp3) is 0.444. The highest BCUT2D eigenvalue weighted by atomic mass is 19.2. The van der Waals surface area contributed by atoms with Gasteiger partial charge in [0.1, 0.15) is 63.8 Å². The van der Waals surface area contributed by atoms with E-state index in [-0.39, 0.29) is 28.8 Å². The van der Waals surface area contributed by atoms with Crippen LogP contribution in [0.5, 0.6) is 5.75 Å². The molecule has 348 valence electrons. The minimum Gasteiger partial charge on any atom is -0.485 e. The van der Waals surface area contributed by atoms with Crippen LogP contribution in [0, 0.1) is 5.82 Å². The molecule has 0 atom stereocenters. The smallest absolute Gasteiger partial charge is 0.272 e. The molecule has 0 radical (unpaired) electrons. The Hall–Kier alpha value is -5.66. The molecule has 2 aromatic carbocycles. The molecule has 7 rings (SSSR count). The van der Waals surface area contributed by atoms with Gasteiger partial charge in [0.2, 0.25) is 0 Å². The van der Waals surface area contributed by atoms with Gasteiger partial charge in [0.05, 0.1) is 28.9 Å². The van der Waals surface area contributed by atoms with Crippen molar-refractivity contribution in [1.82, 2.24) is 30.4 Å². The number of aromatic nitrogens is 4. The summed E-state index contributed by atoms with van der Waals surface area (Å²) in [6, 6.07) is 17.5. The number of carbonyl (C=O) groups excluding carboxylic acids is 1. The zero-order chi connectivity index (χ0) is 46.1. The van der Waals surface area contributed by atoms with Crippen LogP contribution in [-0.4, -0.2) is 128 Å². The standard InChI is InChI=1S/C24H24F3N3O3.C8H15F2NO.C8H9F2NO.C5H5NO/c25-13-17(14-26)33-16-7-9-30(10-8-16)24(32)20-11-15(5-6-21(20)27)12-22-18-3-1-2-4-19(18)23(31)29-28-22;2*9-5-8(6-10)12-7-1-3-11-4-2-7;7-5-1-3-6-4-2-5/h1-6,11,16-17H,7-10,12-14H2,(H,29,31);7-8,11H,1-6H2;1-4,8H,5-6H2;1-4H,(H,6,7). The van der Waals surface area contributed by atoms with Crippen molar-refractivity contribution in [2.75, 3.05) is 66.2 Å². The third-order valence-electron chi connectivity index (χ3n) is 9.87. The molecule has 2 saturated heterocycles. The SMILES string of the molecule is FCC(CF)OC1CCNCC1.FCC(CF)Oc1ccncc1.O=C(c1cc(Cc2n[nH]c(=O)c3ccccc23)ccc1F)N1CCC(OC(CF)CF)CC1.O=c1cc[nH]cc1. The molecule has 5 aromatic rings. The molecule has 64 heavy (non-hydrogen) atoms. The van der Waals surface area contributed by atoms with Gasteiger partial charge in [-0.05, 0) is 74.7 Å². The molecule has 2 fully saturated rings. The van der Waals surface area contributed by atoms with E-state index >= 15 is 0 Å². The maximum absolute atomic E-state index is 14.5. The van der Waals surface area contributed by atoms with Crippen LogP contribution in [0.15, 0.2) is 101 Å². The van der Waals surface area contributed by atoms with E-state index < -0.39 is 70.1 Å². The normalized spacial score (nSPS) is 14.3. The van der Waals surface area contributed by atoms with Crippen LogP contribution in [0.2, 0.25) is 0 Å². The number of amides is 1. The summed E-state index contributed by atoms with van der Waals surface area (Å²) in [5.74, 6) is -0.638. The number of nitrogens with zero attached hydrogens (tertiary/aromatic N) is 3. The zero-order valence-corrected chi connectivity index (χ0v) is 35.1. The summed E-state index contributed by atoms with van der Waals surface area (Å²) in [5.41, 5.74) is 0.991. The van der Waals surface area contributed by atoms with Crippen LogP contribution in [0.1, 0.15) is 47.3 Å². The largest absolute Gasteiger partial charge is 0.485 e. The van der Waals surface area contributed by atoms with E-state index in [0.717, 1.165) is 25.9 Å². The summed E-state index contributed by atoms with van der Waals surface area (Å²) in [6.45, 7) is -2.49. The number of ether oxygens (including phenoxy) is 3. The molecule has 5 heterocycles. The molecule has 19 heteroatoms. The molecule has 12 nitrogen and oxygen atoms in total. The van der Waals surface area contributed by atoms with Crippen LogP contribution in [0.4, 0.5) is 30.7 Å². The number of nitrogens with one attached hydrogen (secondary N) is 3. The van der Waals surface area contributed by atoms with Crippen molar-refractivity contribution in [3.63, 3.8) is 0 Å². The molecule has 0 unspecified atom stereocenters. The van der Waals surface area contributed by atoms with E-state index in [4.69, 9.17) is 14.2 Å². The minimum atomic E-state index is -1.08. The molecule has 2 aliphatic heterocycles. The summed E-state index contributed by atoms with van der Waals surface area (Å²) >= 11 is 0. The van der Waals surface area contributed by atoms with Crippen molar-refractivity contribution < 1.29 is 49.7 Å². The van der Waals surface area contributed by atoms with Gasteiger partial charge in [-0.1, -0.05) is 24.3 Å². The Bertz CT molecular complexity index is 2180. The van der Waals surface area contributed by atoms with E-state index in [0.29, 0.717) is 60.1 Å². The number of piperidine rings is 2. The fourth-order valence-electron chi connectivity index (χ4n) is 6.50. The van der Waals surface area contributed by atoms with E-state index in [1.807, 2.05) is 6.07 Å². The lowest BCUT2D eigenvalue weighted by Gasteiger charge is -2.33. The Labute approximate surface area is 365 Å². The topological polar surface area (TPSA) is 152 Å². The summed E-state index contributed by atoms with van der Waals surface area (Å²) in [5, 5.41) is 11.0. The van der Waals surface area contributed by atoms with Crippen LogP contribution in [0.3, 0.4) is 0 Å². The number of H-pyrrole nitrogens is 2. The van der Waals surface area contributed by atoms with E-state index in [1.165, 1.54) is 41.6 Å². The van der Waals surface area contributed by atoms with Crippen molar-refractivity contribution in [3.8, 4) is 5.75 Å². The number of fused-ring (bicyclic) bond motifs is 1. The lowest BCUT2D eigenvalue weighted by atomic mass is 10.0. The number of hydrogen-bond donors (Lipinski definition) is 3. The summed E-state index contributed by atoms with van der Waals surface area (Å²) < 4.78 is 103. The van der Waals surface area contributed by atoms with Gasteiger partial charge >= 0.3 is 0 Å². The fourth-order valence-corrected chi connectivity index (χ4v) is 6.50. The van der Waals surface area contributed by atoms with Crippen LogP contribution in [-0.2, 0) is 15.9 Å². The number of alkyl halides is 6. The van der Waals surface area contributed by atoms with Crippen LogP contribution >= 0.6 is 0 Å². The molecular weight excluding hydrogens is 854 g/mol. The lowest BCUT2D eigenvalue weighted by Crippen LogP contribution is -2.42. The maximum Gasteiger partial charge on any atom is 0.272 e.